The van der Waals surface area contributed by atoms with Crippen LogP contribution in [0.5, 0.6) is 0 Å². The Bertz CT molecular complexity index is 1550. The van der Waals surface area contributed by atoms with E-state index >= 15 is 0 Å². The van der Waals surface area contributed by atoms with Gasteiger partial charge in [-0.25, -0.2) is 13.5 Å². The maximum Gasteiger partial charge on any atom is 0.338 e. The highest BCUT2D eigenvalue weighted by Gasteiger charge is 2.26. The third-order valence-corrected chi connectivity index (χ3v) is 7.50. The van der Waals surface area contributed by atoms with E-state index < -0.39 is 0 Å². The number of halogens is 2. The second kappa shape index (κ2) is 15.4. The van der Waals surface area contributed by atoms with E-state index in [9.17, 15) is 19.2 Å². The summed E-state index contributed by atoms with van der Waals surface area (Å²) in [7, 11) is 0. The highest BCUT2D eigenvalue weighted by Crippen LogP contribution is 2.24. The summed E-state index contributed by atoms with van der Waals surface area (Å²) in [5.74, 6) is -0.793. The van der Waals surface area contributed by atoms with E-state index in [4.69, 9.17) is 9.47 Å². The Labute approximate surface area is 256 Å². The zero-order chi connectivity index (χ0) is 29.9. The van der Waals surface area contributed by atoms with Crippen molar-refractivity contribution < 1.29 is 28.7 Å². The summed E-state index contributed by atoms with van der Waals surface area (Å²) >= 11 is 6.22. The van der Waals surface area contributed by atoms with Crippen LogP contribution in [-0.4, -0.2) is 40.9 Å². The van der Waals surface area contributed by atoms with E-state index in [1.54, 1.807) is 0 Å². The molecule has 0 aliphatic carbocycles. The molecule has 0 atom stereocenters. The molecule has 0 bridgehead atoms. The summed E-state index contributed by atoms with van der Waals surface area (Å²) in [6.07, 6.45) is 0.703. The van der Waals surface area contributed by atoms with Crippen molar-refractivity contribution in [2.45, 2.75) is 38.9 Å². The lowest BCUT2D eigenvalue weighted by atomic mass is 10.0. The Morgan fingerprint density at radius 1 is 0.756 bits per heavy atom. The molecular formula is C32H31Br2NO6. The Kier molecular flexibility index (Phi) is 12.0. The topological polar surface area (TPSA) is 90.0 Å². The van der Waals surface area contributed by atoms with Gasteiger partial charge in [0, 0.05) is 18.2 Å². The molecule has 1 aliphatic heterocycles. The first-order chi connectivity index (χ1) is 19.7. The van der Waals surface area contributed by atoms with Crippen LogP contribution in [0.2, 0.25) is 0 Å². The molecular weight excluding hydrogens is 654 g/mol. The number of fused-ring (bicyclic) bond motifs is 2. The maximum atomic E-state index is 11.9. The van der Waals surface area contributed by atoms with Crippen molar-refractivity contribution in [3.8, 4) is 0 Å². The number of aryl methyl sites for hydroxylation is 1. The number of carbonyl (C=O) groups is 4. The molecule has 0 unspecified atom stereocenters. The first-order valence-electron chi connectivity index (χ1n) is 13.1. The van der Waals surface area contributed by atoms with Gasteiger partial charge < -0.3 is 9.47 Å². The van der Waals surface area contributed by atoms with Gasteiger partial charge in [0.15, 0.2) is 0 Å². The van der Waals surface area contributed by atoms with Crippen LogP contribution in [0, 0.1) is 6.92 Å². The molecule has 41 heavy (non-hydrogen) atoms. The number of hydrogen-bond acceptors (Lipinski definition) is 6. The molecule has 9 heteroatoms. The standard InChI is InChI=1S/C14H13BrO2.C14H14O2.C4H4BrNO2/c1-2-17-14(16)13-8-10(9-15)7-11-5-3-4-6-12(11)13;1-3-16-14(15)13-9-10(2)8-11-6-4-5-7-12(11)13;5-6-3(7)1-2-4(6)8/h3-8H,2,9H2,1H3;4-9H,3H2,1-2H3;1-2H2. The fourth-order valence-corrected chi connectivity index (χ4v) is 4.89. The number of ether oxygens (including phenoxy) is 2. The van der Waals surface area contributed by atoms with Crippen LogP contribution in [0.4, 0.5) is 0 Å². The SMILES string of the molecule is CCOC(=O)c1cc(C)cc2ccccc12.CCOC(=O)c1cc(CBr)cc2ccccc12.O=C1CCC(=O)N1Br. The van der Waals surface area contributed by atoms with E-state index in [1.807, 2.05) is 81.4 Å². The maximum absolute atomic E-state index is 11.9. The second-order valence-electron chi connectivity index (χ2n) is 9.04. The molecule has 7 nitrogen and oxygen atoms in total. The molecule has 1 heterocycles. The highest BCUT2D eigenvalue weighted by atomic mass is 79.9. The van der Waals surface area contributed by atoms with Gasteiger partial charge in [-0.15, -0.1) is 0 Å². The van der Waals surface area contributed by atoms with E-state index in [-0.39, 0.29) is 23.8 Å². The number of benzene rings is 4. The van der Waals surface area contributed by atoms with Crippen LogP contribution in [0.15, 0.2) is 72.8 Å². The van der Waals surface area contributed by atoms with Crippen LogP contribution in [-0.2, 0) is 24.4 Å². The molecule has 2 amide bonds. The van der Waals surface area contributed by atoms with Crippen LogP contribution in [0.25, 0.3) is 21.5 Å². The van der Waals surface area contributed by atoms with Gasteiger partial charge in [0.25, 0.3) is 0 Å². The number of hydrogen-bond donors (Lipinski definition) is 0. The third kappa shape index (κ3) is 8.47. The minimum Gasteiger partial charge on any atom is -0.462 e. The van der Waals surface area contributed by atoms with Gasteiger partial charge in [-0.1, -0.05) is 76.6 Å². The summed E-state index contributed by atoms with van der Waals surface area (Å²) in [5, 5.41) is 4.75. The summed E-state index contributed by atoms with van der Waals surface area (Å²) in [6.45, 7) is 6.41. The molecule has 0 spiro atoms. The monoisotopic (exact) mass is 683 g/mol. The number of nitrogens with zero attached hydrogens (tertiary/aromatic N) is 1. The van der Waals surface area contributed by atoms with Gasteiger partial charge in [0.2, 0.25) is 11.8 Å². The Balaban J connectivity index is 0.000000180. The molecule has 214 valence electrons. The number of esters is 2. The van der Waals surface area contributed by atoms with Gasteiger partial charge in [-0.3, -0.25) is 9.59 Å². The third-order valence-electron chi connectivity index (χ3n) is 6.06. The van der Waals surface area contributed by atoms with Crippen LogP contribution < -0.4 is 0 Å². The summed E-state index contributed by atoms with van der Waals surface area (Å²) < 4.78 is 11.1. The van der Waals surface area contributed by atoms with E-state index in [0.717, 1.165) is 41.9 Å². The van der Waals surface area contributed by atoms with Gasteiger partial charge in [-0.05, 0) is 65.6 Å². The highest BCUT2D eigenvalue weighted by molar-refractivity contribution is 9.08. The molecule has 1 saturated heterocycles. The molecule has 0 saturated carbocycles. The normalized spacial score (nSPS) is 12.4. The van der Waals surface area contributed by atoms with Gasteiger partial charge in [0.1, 0.15) is 0 Å². The molecule has 4 aromatic rings. The molecule has 4 aromatic carbocycles. The van der Waals surface area contributed by atoms with Gasteiger partial charge in [0.05, 0.1) is 40.5 Å². The van der Waals surface area contributed by atoms with Crippen molar-refractivity contribution in [3.63, 3.8) is 0 Å². The minimum atomic E-state index is -0.258. The smallest absolute Gasteiger partial charge is 0.338 e. The van der Waals surface area contributed by atoms with Gasteiger partial charge >= 0.3 is 11.9 Å². The quantitative estimate of drug-likeness (QED) is 0.0927. The second-order valence-corrected chi connectivity index (χ2v) is 10.3. The van der Waals surface area contributed by atoms with Crippen LogP contribution in [0.1, 0.15) is 58.5 Å². The van der Waals surface area contributed by atoms with E-state index in [1.165, 1.54) is 0 Å². The molecule has 1 aliphatic rings. The predicted molar refractivity (Wildman–Crippen MR) is 167 cm³/mol. The molecule has 0 radical (unpaired) electrons. The van der Waals surface area contributed by atoms with Crippen molar-refractivity contribution >= 4 is 77.4 Å². The number of amides is 2. The molecule has 0 N–H and O–H groups in total. The average molecular weight is 685 g/mol. The fourth-order valence-electron chi connectivity index (χ4n) is 4.22. The molecule has 1 fully saturated rings. The summed E-state index contributed by atoms with van der Waals surface area (Å²) in [5.41, 5.74) is 3.44. The van der Waals surface area contributed by atoms with Crippen molar-refractivity contribution in [2.24, 2.45) is 0 Å². The van der Waals surface area contributed by atoms with Crippen molar-refractivity contribution in [1.82, 2.24) is 3.93 Å². The predicted octanol–water partition coefficient (Wildman–Crippen LogP) is 7.68. The van der Waals surface area contributed by atoms with E-state index in [2.05, 4.69) is 44.2 Å². The Hall–Kier alpha value is -3.56. The largest absolute Gasteiger partial charge is 0.462 e. The van der Waals surface area contributed by atoms with Crippen molar-refractivity contribution in [2.75, 3.05) is 13.2 Å². The lowest BCUT2D eigenvalue weighted by Gasteiger charge is -2.08. The van der Waals surface area contributed by atoms with Crippen molar-refractivity contribution in [3.05, 3.63) is 95.1 Å². The number of carbonyl (C=O) groups excluding carboxylic acids is 4. The molecule has 5 rings (SSSR count). The average Bonchev–Trinajstić information content (AvgIpc) is 3.27. The number of imide groups is 1. The lowest BCUT2D eigenvalue weighted by Crippen LogP contribution is -2.16. The van der Waals surface area contributed by atoms with Crippen LogP contribution in [0.3, 0.4) is 0 Å². The molecule has 0 aromatic heterocycles. The van der Waals surface area contributed by atoms with E-state index in [0.29, 0.717) is 37.2 Å². The van der Waals surface area contributed by atoms with Crippen LogP contribution >= 0.6 is 32.1 Å². The van der Waals surface area contributed by atoms with Gasteiger partial charge in [-0.2, -0.15) is 0 Å². The number of rotatable bonds is 5. The fraction of sp³-hybridized carbons (Fsp3) is 0.250. The minimum absolute atomic E-state index is 0.144. The first kappa shape index (κ1) is 32.0. The number of alkyl halides is 1. The first-order valence-corrected chi connectivity index (χ1v) is 15.0. The van der Waals surface area contributed by atoms with Crippen molar-refractivity contribution in [1.29, 1.82) is 0 Å². The zero-order valence-electron chi connectivity index (χ0n) is 23.1. The zero-order valence-corrected chi connectivity index (χ0v) is 26.3. The lowest BCUT2D eigenvalue weighted by molar-refractivity contribution is -0.131. The summed E-state index contributed by atoms with van der Waals surface area (Å²) in [6, 6.07) is 23.6. The summed E-state index contributed by atoms with van der Waals surface area (Å²) in [4.78, 5) is 44.6. The Morgan fingerprint density at radius 2 is 1.22 bits per heavy atom. The Morgan fingerprint density at radius 3 is 1.66 bits per heavy atom.